The largest absolute Gasteiger partial charge is 0.491 e. The molecule has 0 fully saturated rings. The molecule has 0 atom stereocenters. The Kier molecular flexibility index (Phi) is 4.11. The molecule has 0 saturated heterocycles. The second-order valence-electron chi connectivity index (χ2n) is 6.12. The van der Waals surface area contributed by atoms with E-state index in [-0.39, 0.29) is 0 Å². The van der Waals surface area contributed by atoms with E-state index >= 15 is 0 Å². The molecular formula is C20H14ClN3OS2. The van der Waals surface area contributed by atoms with Crippen molar-refractivity contribution in [1.29, 1.82) is 0 Å². The fraction of sp³-hybridized carbons (Fsp3) is 0.100. The monoisotopic (exact) mass is 411 g/mol. The first-order valence-corrected chi connectivity index (χ1v) is 10.4. The zero-order valence-corrected chi connectivity index (χ0v) is 16.5. The molecule has 0 saturated carbocycles. The molecule has 2 N–H and O–H groups in total. The van der Waals surface area contributed by atoms with Crippen molar-refractivity contribution in [3.05, 3.63) is 59.2 Å². The predicted octanol–water partition coefficient (Wildman–Crippen LogP) is 5.77. The van der Waals surface area contributed by atoms with Gasteiger partial charge in [0, 0.05) is 23.2 Å². The Labute approximate surface area is 169 Å². The number of nitrogens with zero attached hydrogens (tertiary/aromatic N) is 2. The summed E-state index contributed by atoms with van der Waals surface area (Å²) in [4.78, 5) is 12.4. The van der Waals surface area contributed by atoms with Crippen molar-refractivity contribution in [3.8, 4) is 37.3 Å². The summed E-state index contributed by atoms with van der Waals surface area (Å²) in [6, 6.07) is 13.8. The first-order chi connectivity index (χ1) is 13.2. The van der Waals surface area contributed by atoms with E-state index < -0.39 is 0 Å². The van der Waals surface area contributed by atoms with Gasteiger partial charge in [-0.25, -0.2) is 4.98 Å². The van der Waals surface area contributed by atoms with E-state index in [2.05, 4.69) is 16.0 Å². The van der Waals surface area contributed by atoms with Gasteiger partial charge in [-0.15, -0.1) is 11.3 Å². The molecule has 134 valence electrons. The van der Waals surface area contributed by atoms with Crippen LogP contribution >= 0.6 is 34.3 Å². The van der Waals surface area contributed by atoms with Crippen LogP contribution in [0.4, 0.5) is 5.13 Å². The summed E-state index contributed by atoms with van der Waals surface area (Å²) in [6.45, 7) is 0.637. The molecule has 4 aromatic rings. The van der Waals surface area contributed by atoms with E-state index in [1.165, 1.54) is 16.9 Å². The molecule has 0 aliphatic carbocycles. The van der Waals surface area contributed by atoms with Gasteiger partial charge in [-0.3, -0.25) is 4.98 Å². The molecular weight excluding hydrogens is 398 g/mol. The number of pyridine rings is 1. The lowest BCUT2D eigenvalue weighted by Gasteiger charge is -2.05. The second kappa shape index (κ2) is 6.64. The third-order valence-corrected chi connectivity index (χ3v) is 6.86. The minimum Gasteiger partial charge on any atom is -0.491 e. The molecule has 0 spiro atoms. The number of hydrogen-bond acceptors (Lipinski definition) is 6. The molecule has 0 bridgehead atoms. The molecule has 7 heteroatoms. The van der Waals surface area contributed by atoms with Gasteiger partial charge in [0.2, 0.25) is 0 Å². The fourth-order valence-corrected chi connectivity index (χ4v) is 5.66. The number of ether oxygens (including phenoxy) is 1. The summed E-state index contributed by atoms with van der Waals surface area (Å²) in [5.74, 6) is 0.828. The number of thiophene rings is 1. The number of fused-ring (bicyclic) bond motifs is 3. The van der Waals surface area contributed by atoms with Crippen molar-refractivity contribution in [3.63, 3.8) is 0 Å². The van der Waals surface area contributed by atoms with Gasteiger partial charge in [0.05, 0.1) is 21.2 Å². The lowest BCUT2D eigenvalue weighted by Crippen LogP contribution is -1.98. The zero-order valence-electron chi connectivity index (χ0n) is 14.1. The predicted molar refractivity (Wildman–Crippen MR) is 113 cm³/mol. The molecule has 27 heavy (non-hydrogen) atoms. The fourth-order valence-electron chi connectivity index (χ4n) is 3.21. The summed E-state index contributed by atoms with van der Waals surface area (Å²) in [5, 5.41) is 1.23. The maximum Gasteiger partial charge on any atom is 0.181 e. The van der Waals surface area contributed by atoms with E-state index in [4.69, 9.17) is 22.1 Å². The van der Waals surface area contributed by atoms with Crippen molar-refractivity contribution in [2.45, 2.75) is 6.42 Å². The van der Waals surface area contributed by atoms with E-state index in [0.29, 0.717) is 16.8 Å². The van der Waals surface area contributed by atoms with Gasteiger partial charge in [0.1, 0.15) is 17.1 Å². The Balaban J connectivity index is 1.68. The Bertz CT molecular complexity index is 1150. The number of thiazole rings is 1. The van der Waals surface area contributed by atoms with Crippen LogP contribution in [0.25, 0.3) is 31.6 Å². The molecule has 0 radical (unpaired) electrons. The average molecular weight is 412 g/mol. The van der Waals surface area contributed by atoms with Gasteiger partial charge < -0.3 is 10.5 Å². The van der Waals surface area contributed by atoms with Gasteiger partial charge >= 0.3 is 0 Å². The smallest absolute Gasteiger partial charge is 0.181 e. The molecule has 0 amide bonds. The first-order valence-electron chi connectivity index (χ1n) is 8.43. The number of rotatable bonds is 2. The zero-order chi connectivity index (χ0) is 18.4. The van der Waals surface area contributed by atoms with E-state index in [1.54, 1.807) is 17.5 Å². The van der Waals surface area contributed by atoms with Crippen molar-refractivity contribution in [1.82, 2.24) is 9.97 Å². The van der Waals surface area contributed by atoms with Gasteiger partial charge in [-0.2, -0.15) is 0 Å². The van der Waals surface area contributed by atoms with Crippen LogP contribution in [-0.2, 0) is 6.42 Å². The number of hydrogen-bond donors (Lipinski definition) is 1. The van der Waals surface area contributed by atoms with Crippen molar-refractivity contribution in [2.75, 3.05) is 12.3 Å². The standard InChI is InChI=1S/C20H14ClN3OS2/c21-13-5-2-1-4-12(13)19-17(24-20(22)27-19)15-10-11-7-9-25-14-6-3-8-23-16(14)18(11)26-15/h1-6,8,10H,7,9H2,(H2,22,24). The van der Waals surface area contributed by atoms with Crippen LogP contribution in [0.3, 0.4) is 0 Å². The van der Waals surface area contributed by atoms with Crippen LogP contribution in [0.5, 0.6) is 5.75 Å². The van der Waals surface area contributed by atoms with Crippen molar-refractivity contribution < 1.29 is 4.74 Å². The highest BCUT2D eigenvalue weighted by atomic mass is 35.5. The van der Waals surface area contributed by atoms with Crippen molar-refractivity contribution >= 4 is 39.4 Å². The molecule has 5 rings (SSSR count). The molecule has 4 nitrogen and oxygen atoms in total. The SMILES string of the molecule is Nc1nc(-c2cc3c(s2)-c2ncccc2OCC3)c(-c2ccccc2Cl)s1. The maximum atomic E-state index is 6.43. The van der Waals surface area contributed by atoms with Gasteiger partial charge in [-0.1, -0.05) is 41.1 Å². The van der Waals surface area contributed by atoms with Gasteiger partial charge in [0.25, 0.3) is 0 Å². The van der Waals surface area contributed by atoms with Crippen LogP contribution in [-0.4, -0.2) is 16.6 Å². The number of aromatic nitrogens is 2. The number of benzene rings is 1. The van der Waals surface area contributed by atoms with Gasteiger partial charge in [0.15, 0.2) is 5.13 Å². The Hall–Kier alpha value is -2.41. The molecule has 4 heterocycles. The lowest BCUT2D eigenvalue weighted by molar-refractivity contribution is 0.325. The highest BCUT2D eigenvalue weighted by Crippen LogP contribution is 2.47. The maximum absolute atomic E-state index is 6.43. The summed E-state index contributed by atoms with van der Waals surface area (Å²) in [5.41, 5.74) is 10.0. The topological polar surface area (TPSA) is 61.0 Å². The normalized spacial score (nSPS) is 12.8. The van der Waals surface area contributed by atoms with Crippen LogP contribution < -0.4 is 10.5 Å². The molecule has 1 aliphatic heterocycles. The summed E-state index contributed by atoms with van der Waals surface area (Å²) in [7, 11) is 0. The van der Waals surface area contributed by atoms with Crippen LogP contribution in [0, 0.1) is 0 Å². The number of halogens is 1. The van der Waals surface area contributed by atoms with E-state index in [9.17, 15) is 0 Å². The third kappa shape index (κ3) is 2.90. The number of nitrogens with two attached hydrogens (primary N) is 1. The highest BCUT2D eigenvalue weighted by Gasteiger charge is 2.23. The number of anilines is 1. The average Bonchev–Trinajstić information content (AvgIpc) is 3.22. The van der Waals surface area contributed by atoms with Crippen molar-refractivity contribution in [2.24, 2.45) is 0 Å². The quantitative estimate of drug-likeness (QED) is 0.454. The minimum absolute atomic E-state index is 0.533. The molecule has 0 unspecified atom stereocenters. The first kappa shape index (κ1) is 16.7. The highest BCUT2D eigenvalue weighted by molar-refractivity contribution is 7.21. The van der Waals surface area contributed by atoms with Gasteiger partial charge in [-0.05, 0) is 29.8 Å². The molecule has 1 aliphatic rings. The summed E-state index contributed by atoms with van der Waals surface area (Å²) >= 11 is 9.57. The van der Waals surface area contributed by atoms with E-state index in [0.717, 1.165) is 43.8 Å². The van der Waals surface area contributed by atoms with E-state index in [1.807, 2.05) is 36.4 Å². The third-order valence-electron chi connectivity index (χ3n) is 4.42. The summed E-state index contributed by atoms with van der Waals surface area (Å²) in [6.07, 6.45) is 2.63. The van der Waals surface area contributed by atoms with Crippen LogP contribution in [0.15, 0.2) is 48.7 Å². The van der Waals surface area contributed by atoms with Crippen LogP contribution in [0.1, 0.15) is 5.56 Å². The minimum atomic E-state index is 0.533. The lowest BCUT2D eigenvalue weighted by atomic mass is 10.1. The Morgan fingerprint density at radius 2 is 1.93 bits per heavy atom. The Morgan fingerprint density at radius 3 is 2.81 bits per heavy atom. The number of nitrogen functional groups attached to an aromatic ring is 1. The second-order valence-corrected chi connectivity index (χ2v) is 8.61. The molecule has 1 aromatic carbocycles. The Morgan fingerprint density at radius 1 is 1.04 bits per heavy atom. The summed E-state index contributed by atoms with van der Waals surface area (Å²) < 4.78 is 5.84. The molecule has 3 aromatic heterocycles. The van der Waals surface area contributed by atoms with Crippen LogP contribution in [0.2, 0.25) is 5.02 Å².